The first-order valence-corrected chi connectivity index (χ1v) is 8.78. The molecule has 0 bridgehead atoms. The maximum Gasteiger partial charge on any atom is 0.229 e. The minimum absolute atomic E-state index is 0.130. The molecule has 0 spiro atoms. The molecule has 0 rings (SSSR count). The van der Waals surface area contributed by atoms with Crippen LogP contribution in [-0.4, -0.2) is 79.1 Å². The van der Waals surface area contributed by atoms with E-state index in [1.54, 1.807) is 0 Å². The van der Waals surface area contributed by atoms with Crippen LogP contribution < -0.4 is 16.0 Å². The van der Waals surface area contributed by atoms with Gasteiger partial charge < -0.3 is 16.0 Å². The summed E-state index contributed by atoms with van der Waals surface area (Å²) in [5, 5.41) is 8.18. The predicted octanol–water partition coefficient (Wildman–Crippen LogP) is -1.57. The molecule has 0 fully saturated rings. The number of nitrogens with one attached hydrogen (secondary N) is 3. The SMILES string of the molecule is O=C(CS)NCCN(CCNC(=O)CS)CCNC(=O)CS. The first-order valence-electron chi connectivity index (χ1n) is 6.88. The Balaban J connectivity index is 4.09. The van der Waals surface area contributed by atoms with Gasteiger partial charge in [-0.3, -0.25) is 19.3 Å². The number of hydrogen-bond donors (Lipinski definition) is 6. The molecule has 0 aliphatic carbocycles. The van der Waals surface area contributed by atoms with Crippen molar-refractivity contribution >= 4 is 55.6 Å². The van der Waals surface area contributed by atoms with Crippen molar-refractivity contribution < 1.29 is 14.4 Å². The van der Waals surface area contributed by atoms with Gasteiger partial charge in [0.05, 0.1) is 17.3 Å². The van der Waals surface area contributed by atoms with Crippen molar-refractivity contribution in [2.45, 2.75) is 0 Å². The Labute approximate surface area is 147 Å². The Hall–Kier alpha value is -0.580. The van der Waals surface area contributed by atoms with Crippen molar-refractivity contribution in [3.63, 3.8) is 0 Å². The summed E-state index contributed by atoms with van der Waals surface area (Å²) in [4.78, 5) is 35.5. The number of rotatable bonds is 12. The maximum absolute atomic E-state index is 11.1. The fourth-order valence-corrected chi connectivity index (χ4v) is 1.90. The van der Waals surface area contributed by atoms with Crippen LogP contribution in [0.3, 0.4) is 0 Å². The molecule has 10 heteroatoms. The van der Waals surface area contributed by atoms with E-state index in [2.05, 4.69) is 53.8 Å². The monoisotopic (exact) mass is 368 g/mol. The first kappa shape index (κ1) is 21.4. The van der Waals surface area contributed by atoms with Gasteiger partial charge in [0.1, 0.15) is 0 Å². The van der Waals surface area contributed by atoms with E-state index in [9.17, 15) is 14.4 Å². The average Bonchev–Trinajstić information content (AvgIpc) is 2.53. The summed E-state index contributed by atoms with van der Waals surface area (Å²) < 4.78 is 0. The lowest BCUT2D eigenvalue weighted by molar-refractivity contribution is -0.119. The minimum Gasteiger partial charge on any atom is -0.354 e. The van der Waals surface area contributed by atoms with Crippen molar-refractivity contribution in [1.29, 1.82) is 0 Å². The molecule has 0 saturated heterocycles. The van der Waals surface area contributed by atoms with Gasteiger partial charge in [0.25, 0.3) is 0 Å². The van der Waals surface area contributed by atoms with Crippen LogP contribution in [0.1, 0.15) is 0 Å². The molecule has 0 aromatic carbocycles. The van der Waals surface area contributed by atoms with Gasteiger partial charge in [-0.2, -0.15) is 37.9 Å². The van der Waals surface area contributed by atoms with Gasteiger partial charge in [0, 0.05) is 39.3 Å². The predicted molar refractivity (Wildman–Crippen MR) is 97.0 cm³/mol. The Morgan fingerprint density at radius 1 is 0.636 bits per heavy atom. The Bertz CT molecular complexity index is 306. The molecular formula is C12H24N4O3S3. The Morgan fingerprint density at radius 3 is 1.14 bits per heavy atom. The lowest BCUT2D eigenvalue weighted by atomic mass is 10.4. The molecule has 0 heterocycles. The third kappa shape index (κ3) is 12.0. The largest absolute Gasteiger partial charge is 0.354 e. The highest BCUT2D eigenvalue weighted by molar-refractivity contribution is 7.81. The highest BCUT2D eigenvalue weighted by Gasteiger charge is 2.07. The molecule has 0 radical (unpaired) electrons. The number of carbonyl (C=O) groups excluding carboxylic acids is 3. The Kier molecular flexibility index (Phi) is 13.7. The molecule has 3 N–H and O–H groups in total. The summed E-state index contributed by atoms with van der Waals surface area (Å²) in [5.41, 5.74) is 0. The number of thiol groups is 3. The zero-order valence-corrected chi connectivity index (χ0v) is 15.1. The smallest absolute Gasteiger partial charge is 0.229 e. The summed E-state index contributed by atoms with van der Waals surface area (Å²) in [5.74, 6) is 0.0577. The van der Waals surface area contributed by atoms with Crippen LogP contribution in [0.4, 0.5) is 0 Å². The van der Waals surface area contributed by atoms with Gasteiger partial charge in [-0.25, -0.2) is 0 Å². The molecule has 0 aliphatic heterocycles. The van der Waals surface area contributed by atoms with Gasteiger partial charge in [-0.05, 0) is 0 Å². The highest BCUT2D eigenvalue weighted by Crippen LogP contribution is 1.87. The van der Waals surface area contributed by atoms with Crippen LogP contribution in [0.15, 0.2) is 0 Å². The molecule has 22 heavy (non-hydrogen) atoms. The fraction of sp³-hybridized carbons (Fsp3) is 0.750. The molecule has 0 unspecified atom stereocenters. The number of carbonyl (C=O) groups is 3. The number of amides is 3. The van der Waals surface area contributed by atoms with E-state index in [0.717, 1.165) is 0 Å². The van der Waals surface area contributed by atoms with Crippen LogP contribution in [0.2, 0.25) is 0 Å². The molecule has 128 valence electrons. The number of nitrogens with zero attached hydrogens (tertiary/aromatic N) is 1. The normalized spacial score (nSPS) is 10.4. The zero-order valence-electron chi connectivity index (χ0n) is 12.4. The molecule has 0 aliphatic rings. The third-order valence-electron chi connectivity index (χ3n) is 2.68. The van der Waals surface area contributed by atoms with E-state index in [4.69, 9.17) is 0 Å². The summed E-state index contributed by atoms with van der Waals surface area (Å²) in [6.45, 7) is 3.31. The third-order valence-corrected chi connectivity index (χ3v) is 3.54. The summed E-state index contributed by atoms with van der Waals surface area (Å²) in [6, 6.07) is 0. The van der Waals surface area contributed by atoms with E-state index < -0.39 is 0 Å². The minimum atomic E-state index is -0.130. The van der Waals surface area contributed by atoms with Gasteiger partial charge in [0.15, 0.2) is 0 Å². The molecule has 0 aromatic rings. The molecule has 3 amide bonds. The van der Waals surface area contributed by atoms with Gasteiger partial charge in [-0.15, -0.1) is 0 Å². The molecule has 0 atom stereocenters. The van der Waals surface area contributed by atoms with E-state index >= 15 is 0 Å². The second kappa shape index (κ2) is 14.0. The summed E-state index contributed by atoms with van der Waals surface area (Å²) in [7, 11) is 0. The van der Waals surface area contributed by atoms with Crippen molar-refractivity contribution in [2.75, 3.05) is 56.5 Å². The summed E-state index contributed by atoms with van der Waals surface area (Å²) in [6.07, 6.45) is 0. The Morgan fingerprint density at radius 2 is 0.909 bits per heavy atom. The fourth-order valence-electron chi connectivity index (χ4n) is 1.56. The molecule has 0 aromatic heterocycles. The first-order chi connectivity index (χ1) is 10.5. The standard InChI is InChI=1S/C12H24N4O3S3/c17-10(7-20)13-1-4-16(5-2-14-11(18)8-21)6-3-15-12(19)9-22/h20-22H,1-9H2,(H,13,17)(H,14,18)(H,15,19). The van der Waals surface area contributed by atoms with E-state index in [1.165, 1.54) is 0 Å². The quantitative estimate of drug-likeness (QED) is 0.235. The van der Waals surface area contributed by atoms with Crippen molar-refractivity contribution in [3.05, 3.63) is 0 Å². The van der Waals surface area contributed by atoms with Crippen LogP contribution in [-0.2, 0) is 14.4 Å². The van der Waals surface area contributed by atoms with Crippen molar-refractivity contribution in [1.82, 2.24) is 20.9 Å². The van der Waals surface area contributed by atoms with Crippen LogP contribution in [0.25, 0.3) is 0 Å². The second-order valence-corrected chi connectivity index (χ2v) is 5.31. The van der Waals surface area contributed by atoms with E-state index in [0.29, 0.717) is 39.3 Å². The van der Waals surface area contributed by atoms with Crippen molar-refractivity contribution in [2.24, 2.45) is 0 Å². The van der Waals surface area contributed by atoms with Gasteiger partial charge in [-0.1, -0.05) is 0 Å². The highest BCUT2D eigenvalue weighted by atomic mass is 32.1. The lowest BCUT2D eigenvalue weighted by Crippen LogP contribution is -2.43. The van der Waals surface area contributed by atoms with Gasteiger partial charge in [0.2, 0.25) is 17.7 Å². The zero-order chi connectivity index (χ0) is 16.8. The topological polar surface area (TPSA) is 90.5 Å². The molecule has 7 nitrogen and oxygen atoms in total. The van der Waals surface area contributed by atoms with Crippen LogP contribution in [0.5, 0.6) is 0 Å². The van der Waals surface area contributed by atoms with E-state index in [1.807, 2.05) is 4.90 Å². The maximum atomic E-state index is 11.1. The average molecular weight is 369 g/mol. The van der Waals surface area contributed by atoms with Crippen molar-refractivity contribution in [3.8, 4) is 0 Å². The van der Waals surface area contributed by atoms with Crippen LogP contribution >= 0.6 is 37.9 Å². The summed E-state index contributed by atoms with van der Waals surface area (Å²) >= 11 is 11.7. The van der Waals surface area contributed by atoms with Crippen LogP contribution in [0, 0.1) is 0 Å². The molecular weight excluding hydrogens is 344 g/mol. The second-order valence-electron chi connectivity index (χ2n) is 4.37. The lowest BCUT2D eigenvalue weighted by Gasteiger charge is -2.22. The van der Waals surface area contributed by atoms with E-state index in [-0.39, 0.29) is 35.0 Å². The number of hydrogen-bond acceptors (Lipinski definition) is 7. The van der Waals surface area contributed by atoms with Gasteiger partial charge >= 0.3 is 0 Å². The molecule has 0 saturated carbocycles.